The summed E-state index contributed by atoms with van der Waals surface area (Å²) in [6.07, 6.45) is 4.93. The average Bonchev–Trinajstić information content (AvgIpc) is 2.95. The van der Waals surface area contributed by atoms with Gasteiger partial charge in [0, 0.05) is 25.0 Å². The number of methoxy groups -OCH3 is 1. The topological polar surface area (TPSA) is 49.8 Å². The standard InChI is InChI=1S/C20H29NO3/c1-14-4-8-16(9-5-14)21-12-18(20(2,13-21)19(22)23)15-6-10-17(24-3)11-7-15/h6-7,10-11,14,16,18H,4-5,8-9,12-13H2,1-3H3,(H,22,23)/t14-,16+,18-,20+/m0/s1. The van der Waals surface area contributed by atoms with Gasteiger partial charge >= 0.3 is 5.97 Å². The number of benzene rings is 1. The number of nitrogens with zero attached hydrogens (tertiary/aromatic N) is 1. The molecule has 2 aliphatic rings. The third-order valence-electron chi connectivity index (χ3n) is 6.23. The molecule has 0 radical (unpaired) electrons. The second kappa shape index (κ2) is 6.75. The fraction of sp³-hybridized carbons (Fsp3) is 0.650. The normalized spacial score (nSPS) is 34.2. The number of rotatable bonds is 4. The Labute approximate surface area is 144 Å². The van der Waals surface area contributed by atoms with E-state index in [1.807, 2.05) is 31.2 Å². The third-order valence-corrected chi connectivity index (χ3v) is 6.23. The van der Waals surface area contributed by atoms with Crippen molar-refractivity contribution >= 4 is 5.97 Å². The van der Waals surface area contributed by atoms with Crippen molar-refractivity contribution in [3.05, 3.63) is 29.8 Å². The van der Waals surface area contributed by atoms with Crippen molar-refractivity contribution in [1.29, 1.82) is 0 Å². The van der Waals surface area contributed by atoms with Crippen molar-refractivity contribution in [2.75, 3.05) is 20.2 Å². The fourth-order valence-corrected chi connectivity index (χ4v) is 4.44. The number of carboxylic acid groups (broad SMARTS) is 1. The molecule has 1 aliphatic heterocycles. The molecule has 1 saturated heterocycles. The Morgan fingerprint density at radius 1 is 1.21 bits per heavy atom. The maximum absolute atomic E-state index is 12.1. The summed E-state index contributed by atoms with van der Waals surface area (Å²) >= 11 is 0. The van der Waals surface area contributed by atoms with Crippen LogP contribution in [0.25, 0.3) is 0 Å². The Kier molecular flexibility index (Phi) is 4.86. The predicted molar refractivity (Wildman–Crippen MR) is 94.5 cm³/mol. The molecule has 2 atom stereocenters. The first-order chi connectivity index (χ1) is 11.4. The number of hydrogen-bond acceptors (Lipinski definition) is 3. The number of hydrogen-bond donors (Lipinski definition) is 1. The molecule has 1 aromatic carbocycles. The molecule has 0 bridgehead atoms. The van der Waals surface area contributed by atoms with Crippen LogP contribution in [-0.2, 0) is 4.79 Å². The van der Waals surface area contributed by atoms with Crippen LogP contribution >= 0.6 is 0 Å². The van der Waals surface area contributed by atoms with Gasteiger partial charge in [0.1, 0.15) is 5.75 Å². The van der Waals surface area contributed by atoms with E-state index in [1.54, 1.807) is 7.11 Å². The van der Waals surface area contributed by atoms with Crippen LogP contribution in [-0.4, -0.2) is 42.2 Å². The van der Waals surface area contributed by atoms with Crippen LogP contribution in [0.4, 0.5) is 0 Å². The van der Waals surface area contributed by atoms with Crippen LogP contribution in [0.5, 0.6) is 5.75 Å². The summed E-state index contributed by atoms with van der Waals surface area (Å²) in [4.78, 5) is 14.5. The Hall–Kier alpha value is -1.55. The Morgan fingerprint density at radius 2 is 1.83 bits per heavy atom. The molecule has 1 aromatic rings. The molecule has 0 spiro atoms. The molecule has 4 nitrogen and oxygen atoms in total. The molecular weight excluding hydrogens is 302 g/mol. The van der Waals surface area contributed by atoms with E-state index in [0.29, 0.717) is 12.6 Å². The van der Waals surface area contributed by atoms with Crippen LogP contribution in [0.15, 0.2) is 24.3 Å². The highest BCUT2D eigenvalue weighted by Crippen LogP contribution is 2.45. The van der Waals surface area contributed by atoms with Crippen molar-refractivity contribution in [3.8, 4) is 5.75 Å². The molecule has 2 fully saturated rings. The van der Waals surface area contributed by atoms with Gasteiger partial charge in [0.15, 0.2) is 0 Å². The first kappa shape index (κ1) is 17.3. The summed E-state index contributed by atoms with van der Waals surface area (Å²) in [5, 5.41) is 9.91. The van der Waals surface area contributed by atoms with Gasteiger partial charge in [0.05, 0.1) is 12.5 Å². The van der Waals surface area contributed by atoms with E-state index in [0.717, 1.165) is 23.8 Å². The summed E-state index contributed by atoms with van der Waals surface area (Å²) in [5.74, 6) is 0.967. The van der Waals surface area contributed by atoms with Crippen molar-refractivity contribution in [3.63, 3.8) is 0 Å². The van der Waals surface area contributed by atoms with E-state index in [4.69, 9.17) is 4.74 Å². The fourth-order valence-electron chi connectivity index (χ4n) is 4.44. The lowest BCUT2D eigenvalue weighted by Gasteiger charge is -2.34. The van der Waals surface area contributed by atoms with Crippen LogP contribution < -0.4 is 4.74 Å². The Bertz CT molecular complexity index is 577. The smallest absolute Gasteiger partial charge is 0.311 e. The van der Waals surface area contributed by atoms with Gasteiger partial charge in [-0.05, 0) is 56.2 Å². The van der Waals surface area contributed by atoms with Crippen molar-refractivity contribution < 1.29 is 14.6 Å². The van der Waals surface area contributed by atoms with Crippen molar-refractivity contribution in [2.45, 2.75) is 51.5 Å². The van der Waals surface area contributed by atoms with Gasteiger partial charge in [-0.3, -0.25) is 9.69 Å². The highest BCUT2D eigenvalue weighted by Gasteiger charge is 2.50. The Balaban J connectivity index is 1.82. The van der Waals surface area contributed by atoms with E-state index in [2.05, 4.69) is 11.8 Å². The lowest BCUT2D eigenvalue weighted by molar-refractivity contribution is -0.148. The van der Waals surface area contributed by atoms with E-state index in [1.165, 1.54) is 25.7 Å². The van der Waals surface area contributed by atoms with Gasteiger partial charge in [-0.25, -0.2) is 0 Å². The zero-order valence-corrected chi connectivity index (χ0v) is 15.0. The third kappa shape index (κ3) is 3.16. The first-order valence-electron chi connectivity index (χ1n) is 9.05. The quantitative estimate of drug-likeness (QED) is 0.912. The SMILES string of the molecule is COc1ccc([C@@H]2CN([C@H]3CC[C@@H](C)CC3)C[C@@]2(C)C(=O)O)cc1. The molecule has 0 unspecified atom stereocenters. The molecule has 1 heterocycles. The average molecular weight is 331 g/mol. The predicted octanol–water partition coefficient (Wildman–Crippen LogP) is 3.76. The summed E-state index contributed by atoms with van der Waals surface area (Å²) in [5.41, 5.74) is 0.380. The van der Waals surface area contributed by atoms with Crippen LogP contribution in [0.2, 0.25) is 0 Å². The number of carboxylic acids is 1. The van der Waals surface area contributed by atoms with E-state index < -0.39 is 11.4 Å². The number of carbonyl (C=O) groups is 1. The highest BCUT2D eigenvalue weighted by molar-refractivity contribution is 5.76. The molecule has 0 aromatic heterocycles. The minimum absolute atomic E-state index is 0.0280. The van der Waals surface area contributed by atoms with Crippen molar-refractivity contribution in [2.24, 2.45) is 11.3 Å². The molecule has 4 heteroatoms. The van der Waals surface area contributed by atoms with Gasteiger partial charge in [0.25, 0.3) is 0 Å². The van der Waals surface area contributed by atoms with Gasteiger partial charge in [-0.15, -0.1) is 0 Å². The molecule has 1 saturated carbocycles. The van der Waals surface area contributed by atoms with Gasteiger partial charge in [-0.2, -0.15) is 0 Å². The van der Waals surface area contributed by atoms with Gasteiger partial charge in [0.2, 0.25) is 0 Å². The number of ether oxygens (including phenoxy) is 1. The molecular formula is C20H29NO3. The summed E-state index contributed by atoms with van der Waals surface area (Å²) in [6, 6.07) is 8.46. The maximum Gasteiger partial charge on any atom is 0.311 e. The minimum Gasteiger partial charge on any atom is -0.497 e. The van der Waals surface area contributed by atoms with Crippen LogP contribution in [0.1, 0.15) is 51.0 Å². The Morgan fingerprint density at radius 3 is 2.38 bits per heavy atom. The first-order valence-corrected chi connectivity index (χ1v) is 9.05. The van der Waals surface area contributed by atoms with Crippen molar-refractivity contribution in [1.82, 2.24) is 4.90 Å². The maximum atomic E-state index is 12.1. The van der Waals surface area contributed by atoms with Gasteiger partial charge < -0.3 is 9.84 Å². The van der Waals surface area contributed by atoms with E-state index in [-0.39, 0.29) is 5.92 Å². The van der Waals surface area contributed by atoms with E-state index >= 15 is 0 Å². The minimum atomic E-state index is -0.725. The number of likely N-dealkylation sites (tertiary alicyclic amines) is 1. The second-order valence-corrected chi connectivity index (χ2v) is 7.89. The van der Waals surface area contributed by atoms with Gasteiger partial charge in [-0.1, -0.05) is 19.1 Å². The molecule has 3 rings (SSSR count). The lowest BCUT2D eigenvalue weighted by atomic mass is 9.76. The highest BCUT2D eigenvalue weighted by atomic mass is 16.5. The summed E-state index contributed by atoms with van der Waals surface area (Å²) < 4.78 is 5.23. The molecule has 132 valence electrons. The monoisotopic (exact) mass is 331 g/mol. The molecule has 1 N–H and O–H groups in total. The largest absolute Gasteiger partial charge is 0.497 e. The summed E-state index contributed by atoms with van der Waals surface area (Å²) in [6.45, 7) is 5.73. The lowest BCUT2D eigenvalue weighted by Crippen LogP contribution is -2.39. The second-order valence-electron chi connectivity index (χ2n) is 7.89. The summed E-state index contributed by atoms with van der Waals surface area (Å²) in [7, 11) is 1.65. The van der Waals surface area contributed by atoms with Crippen LogP contribution in [0, 0.1) is 11.3 Å². The number of aliphatic carboxylic acids is 1. The van der Waals surface area contributed by atoms with Crippen LogP contribution in [0.3, 0.4) is 0 Å². The van der Waals surface area contributed by atoms with E-state index in [9.17, 15) is 9.90 Å². The zero-order chi connectivity index (χ0) is 17.3. The molecule has 0 amide bonds. The molecule has 1 aliphatic carbocycles. The zero-order valence-electron chi connectivity index (χ0n) is 15.0. The molecule has 24 heavy (non-hydrogen) atoms.